The number of aliphatic carboxylic acids is 1. The van der Waals surface area contributed by atoms with Gasteiger partial charge in [0.25, 0.3) is 5.91 Å². The third-order valence-electron chi connectivity index (χ3n) is 3.30. The highest BCUT2D eigenvalue weighted by molar-refractivity contribution is 6.31. The number of carboxylic acid groups (broad SMARTS) is 1. The molecule has 1 aromatic rings. The molecule has 1 aliphatic heterocycles. The van der Waals surface area contributed by atoms with Crippen LogP contribution < -0.4 is 0 Å². The summed E-state index contributed by atoms with van der Waals surface area (Å²) in [6, 6.07) is 2.01. The smallest absolute Gasteiger partial charge is 0.326 e. The standard InChI is InChI=1S/C13H13ClFNO3/c1-7-4-5-8(11(15)10(7)14)12(17)16-6-2-3-9(16)13(18)19/h4-5,9H,2-3,6H2,1H3,(H,18,19)/t9-/m0/s1. The van der Waals surface area contributed by atoms with Crippen LogP contribution in [0.2, 0.25) is 5.02 Å². The van der Waals surface area contributed by atoms with Gasteiger partial charge < -0.3 is 10.0 Å². The monoisotopic (exact) mass is 285 g/mol. The molecule has 1 aliphatic rings. The van der Waals surface area contributed by atoms with Crippen molar-refractivity contribution < 1.29 is 19.1 Å². The average Bonchev–Trinajstić information content (AvgIpc) is 2.84. The number of hydrogen-bond acceptors (Lipinski definition) is 2. The van der Waals surface area contributed by atoms with E-state index in [2.05, 4.69) is 0 Å². The number of hydrogen-bond donors (Lipinski definition) is 1. The second-order valence-electron chi connectivity index (χ2n) is 4.55. The highest BCUT2D eigenvalue weighted by atomic mass is 35.5. The van der Waals surface area contributed by atoms with E-state index in [4.69, 9.17) is 16.7 Å². The summed E-state index contributed by atoms with van der Waals surface area (Å²) in [5.74, 6) is -2.48. The van der Waals surface area contributed by atoms with E-state index < -0.39 is 23.7 Å². The number of amides is 1. The molecule has 0 spiro atoms. The van der Waals surface area contributed by atoms with Crippen molar-refractivity contribution in [2.45, 2.75) is 25.8 Å². The molecule has 0 unspecified atom stereocenters. The van der Waals surface area contributed by atoms with Crippen LogP contribution in [0.25, 0.3) is 0 Å². The molecule has 1 heterocycles. The van der Waals surface area contributed by atoms with Gasteiger partial charge >= 0.3 is 5.97 Å². The molecular weight excluding hydrogens is 273 g/mol. The van der Waals surface area contributed by atoms with Crippen LogP contribution >= 0.6 is 11.6 Å². The zero-order chi connectivity index (χ0) is 14.2. The van der Waals surface area contributed by atoms with Crippen LogP contribution in [0.15, 0.2) is 12.1 Å². The molecule has 1 saturated heterocycles. The Morgan fingerprint density at radius 2 is 2.16 bits per heavy atom. The maximum atomic E-state index is 14.0. The van der Waals surface area contributed by atoms with Crippen molar-refractivity contribution in [1.82, 2.24) is 4.90 Å². The molecule has 0 bridgehead atoms. The predicted molar refractivity (Wildman–Crippen MR) is 67.8 cm³/mol. The number of nitrogens with zero attached hydrogens (tertiary/aromatic N) is 1. The van der Waals surface area contributed by atoms with Gasteiger partial charge in [-0.15, -0.1) is 0 Å². The fourth-order valence-corrected chi connectivity index (χ4v) is 2.40. The molecule has 0 radical (unpaired) electrons. The van der Waals surface area contributed by atoms with Crippen LogP contribution in [-0.2, 0) is 4.79 Å². The number of aryl methyl sites for hydroxylation is 1. The van der Waals surface area contributed by atoms with Crippen LogP contribution in [0.5, 0.6) is 0 Å². The van der Waals surface area contributed by atoms with Gasteiger partial charge in [-0.2, -0.15) is 0 Å². The van der Waals surface area contributed by atoms with Crippen molar-refractivity contribution in [3.8, 4) is 0 Å². The zero-order valence-corrected chi connectivity index (χ0v) is 11.1. The van der Waals surface area contributed by atoms with Gasteiger partial charge in [0.05, 0.1) is 10.6 Å². The lowest BCUT2D eigenvalue weighted by Crippen LogP contribution is -2.40. The lowest BCUT2D eigenvalue weighted by Gasteiger charge is -2.22. The molecule has 1 aromatic carbocycles. The number of benzene rings is 1. The van der Waals surface area contributed by atoms with Crippen molar-refractivity contribution in [3.63, 3.8) is 0 Å². The van der Waals surface area contributed by atoms with E-state index in [1.165, 1.54) is 11.0 Å². The van der Waals surface area contributed by atoms with Crippen LogP contribution in [-0.4, -0.2) is 34.5 Å². The molecule has 1 fully saturated rings. The number of halogens is 2. The summed E-state index contributed by atoms with van der Waals surface area (Å²) < 4.78 is 14.0. The van der Waals surface area contributed by atoms with Gasteiger partial charge in [0.2, 0.25) is 0 Å². The van der Waals surface area contributed by atoms with Gasteiger partial charge in [0.15, 0.2) is 5.82 Å². The minimum absolute atomic E-state index is 0.100. The van der Waals surface area contributed by atoms with Crippen molar-refractivity contribution in [2.24, 2.45) is 0 Å². The van der Waals surface area contributed by atoms with Gasteiger partial charge in [-0.3, -0.25) is 4.79 Å². The topological polar surface area (TPSA) is 57.6 Å². The molecule has 2 rings (SSSR count). The zero-order valence-electron chi connectivity index (χ0n) is 10.3. The molecule has 1 amide bonds. The number of rotatable bonds is 2. The fraction of sp³-hybridized carbons (Fsp3) is 0.385. The van der Waals surface area contributed by atoms with Gasteiger partial charge in [-0.05, 0) is 31.4 Å². The first kappa shape index (κ1) is 13.8. The Bertz CT molecular complexity index is 547. The Kier molecular flexibility index (Phi) is 3.75. The summed E-state index contributed by atoms with van der Waals surface area (Å²) in [6.07, 6.45) is 0.992. The second kappa shape index (κ2) is 5.17. The molecule has 0 aromatic heterocycles. The van der Waals surface area contributed by atoms with Gasteiger partial charge in [0, 0.05) is 6.54 Å². The van der Waals surface area contributed by atoms with Crippen molar-refractivity contribution in [1.29, 1.82) is 0 Å². The summed E-state index contributed by atoms with van der Waals surface area (Å²) in [6.45, 7) is 1.95. The highest BCUT2D eigenvalue weighted by Gasteiger charge is 2.35. The van der Waals surface area contributed by atoms with Gasteiger partial charge in [0.1, 0.15) is 6.04 Å². The SMILES string of the molecule is Cc1ccc(C(=O)N2CCC[C@H]2C(=O)O)c(F)c1Cl. The van der Waals surface area contributed by atoms with Crippen molar-refractivity contribution >= 4 is 23.5 Å². The van der Waals surface area contributed by atoms with Crippen LogP contribution in [0, 0.1) is 12.7 Å². The summed E-state index contributed by atoms with van der Waals surface area (Å²) in [4.78, 5) is 24.4. The van der Waals surface area contributed by atoms with E-state index in [0.29, 0.717) is 24.9 Å². The first-order valence-electron chi connectivity index (χ1n) is 5.92. The summed E-state index contributed by atoms with van der Waals surface area (Å²) >= 11 is 5.77. The van der Waals surface area contributed by atoms with Crippen molar-refractivity contribution in [2.75, 3.05) is 6.54 Å². The molecule has 1 atom stereocenters. The summed E-state index contributed by atoms with van der Waals surface area (Å²) in [5.41, 5.74) is 0.357. The fourth-order valence-electron chi connectivity index (χ4n) is 2.23. The molecule has 19 heavy (non-hydrogen) atoms. The predicted octanol–water partition coefficient (Wildman–Crippen LogP) is 2.48. The average molecular weight is 286 g/mol. The van der Waals surface area contributed by atoms with Crippen molar-refractivity contribution in [3.05, 3.63) is 34.1 Å². The first-order chi connectivity index (χ1) is 8.93. The molecule has 0 aliphatic carbocycles. The van der Waals surface area contributed by atoms with E-state index in [9.17, 15) is 14.0 Å². The first-order valence-corrected chi connectivity index (χ1v) is 6.29. The third-order valence-corrected chi connectivity index (χ3v) is 3.77. The van der Waals surface area contributed by atoms with E-state index >= 15 is 0 Å². The second-order valence-corrected chi connectivity index (χ2v) is 4.93. The minimum Gasteiger partial charge on any atom is -0.480 e. The number of likely N-dealkylation sites (tertiary alicyclic amines) is 1. The van der Waals surface area contributed by atoms with Gasteiger partial charge in [-0.25, -0.2) is 9.18 Å². The third kappa shape index (κ3) is 2.42. The molecular formula is C13H13ClFNO3. The quantitative estimate of drug-likeness (QED) is 0.908. The normalized spacial score (nSPS) is 18.7. The molecule has 1 N–H and O–H groups in total. The lowest BCUT2D eigenvalue weighted by molar-refractivity contribution is -0.141. The van der Waals surface area contributed by atoms with E-state index in [-0.39, 0.29) is 10.6 Å². The summed E-state index contributed by atoms with van der Waals surface area (Å²) in [5, 5.41) is 8.93. The maximum absolute atomic E-state index is 14.0. The molecule has 4 nitrogen and oxygen atoms in total. The highest BCUT2D eigenvalue weighted by Crippen LogP contribution is 2.26. The Morgan fingerprint density at radius 3 is 2.79 bits per heavy atom. The van der Waals surface area contributed by atoms with E-state index in [1.807, 2.05) is 0 Å². The van der Waals surface area contributed by atoms with E-state index in [0.717, 1.165) is 0 Å². The summed E-state index contributed by atoms with van der Waals surface area (Å²) in [7, 11) is 0. The van der Waals surface area contributed by atoms with Gasteiger partial charge in [-0.1, -0.05) is 17.7 Å². The largest absolute Gasteiger partial charge is 0.480 e. The molecule has 102 valence electrons. The number of carbonyl (C=O) groups excluding carboxylic acids is 1. The number of carboxylic acids is 1. The Balaban J connectivity index is 2.35. The Morgan fingerprint density at radius 1 is 1.47 bits per heavy atom. The lowest BCUT2D eigenvalue weighted by atomic mass is 10.1. The Labute approximate surface area is 114 Å². The minimum atomic E-state index is -1.07. The van der Waals surface area contributed by atoms with Crippen LogP contribution in [0.1, 0.15) is 28.8 Å². The maximum Gasteiger partial charge on any atom is 0.326 e. The van der Waals surface area contributed by atoms with Crippen LogP contribution in [0.3, 0.4) is 0 Å². The Hall–Kier alpha value is -1.62. The molecule has 6 heteroatoms. The van der Waals surface area contributed by atoms with Crippen LogP contribution in [0.4, 0.5) is 4.39 Å². The number of carbonyl (C=O) groups is 2. The van der Waals surface area contributed by atoms with E-state index in [1.54, 1.807) is 13.0 Å². The molecule has 0 saturated carbocycles.